The molecule has 3 aromatic rings. The van der Waals surface area contributed by atoms with E-state index < -0.39 is 28.5 Å². The molecule has 0 saturated carbocycles. The number of nitrogens with zero attached hydrogens (tertiary/aromatic N) is 2. The Morgan fingerprint density at radius 2 is 1.71 bits per heavy atom. The van der Waals surface area contributed by atoms with E-state index >= 15 is 0 Å². The normalized spacial score (nSPS) is 12.5. The van der Waals surface area contributed by atoms with E-state index in [0.717, 1.165) is 11.3 Å². The molecule has 0 radical (unpaired) electrons. The molecule has 2 aromatic carbocycles. The van der Waals surface area contributed by atoms with Crippen LogP contribution in [0.4, 0.5) is 13.2 Å². The molecule has 8 nitrogen and oxygen atoms in total. The lowest BCUT2D eigenvalue weighted by atomic mass is 9.93. The van der Waals surface area contributed by atoms with Crippen LogP contribution in [0.3, 0.4) is 0 Å². The molecule has 0 aliphatic heterocycles. The molecular formula is C23H27F3N4O4S. The highest BCUT2D eigenvalue weighted by atomic mass is 32.2. The molecule has 0 aliphatic rings. The fourth-order valence-corrected chi connectivity index (χ4v) is 4.59. The highest BCUT2D eigenvalue weighted by Crippen LogP contribution is 2.31. The maximum atomic E-state index is 12.5. The van der Waals surface area contributed by atoms with Gasteiger partial charge in [0, 0.05) is 24.2 Å². The van der Waals surface area contributed by atoms with Gasteiger partial charge in [0.2, 0.25) is 5.88 Å². The van der Waals surface area contributed by atoms with Gasteiger partial charge in [-0.1, -0.05) is 24.3 Å². The van der Waals surface area contributed by atoms with E-state index in [1.54, 1.807) is 74.2 Å². The van der Waals surface area contributed by atoms with E-state index in [-0.39, 0.29) is 0 Å². The van der Waals surface area contributed by atoms with Gasteiger partial charge in [-0.05, 0) is 44.5 Å². The molecule has 2 N–H and O–H groups in total. The van der Waals surface area contributed by atoms with Gasteiger partial charge in [0.15, 0.2) is 0 Å². The zero-order chi connectivity index (χ0) is 25.9. The molecule has 0 atom stereocenters. The number of aromatic nitrogens is 2. The van der Waals surface area contributed by atoms with E-state index in [9.17, 15) is 21.6 Å². The third-order valence-electron chi connectivity index (χ3n) is 5.05. The zero-order valence-corrected chi connectivity index (χ0v) is 20.5. The molecule has 190 valence electrons. The van der Waals surface area contributed by atoms with Crippen molar-refractivity contribution in [2.75, 3.05) is 13.7 Å². The van der Waals surface area contributed by atoms with E-state index in [1.165, 1.54) is 4.72 Å². The van der Waals surface area contributed by atoms with Crippen molar-refractivity contribution in [3.8, 4) is 28.6 Å². The van der Waals surface area contributed by atoms with Crippen LogP contribution >= 0.6 is 0 Å². The summed E-state index contributed by atoms with van der Waals surface area (Å²) in [6, 6.07) is 15.9. The summed E-state index contributed by atoms with van der Waals surface area (Å²) in [7, 11) is -2.86. The van der Waals surface area contributed by atoms with E-state index in [2.05, 4.69) is 9.82 Å². The number of methoxy groups -OCH3 is 1. The van der Waals surface area contributed by atoms with E-state index in [1.807, 2.05) is 13.0 Å². The van der Waals surface area contributed by atoms with Crippen LogP contribution in [-0.2, 0) is 22.3 Å². The molecule has 3 rings (SSSR count). The van der Waals surface area contributed by atoms with Crippen molar-refractivity contribution in [3.63, 3.8) is 0 Å². The first-order valence-electron chi connectivity index (χ1n) is 10.7. The van der Waals surface area contributed by atoms with Crippen molar-refractivity contribution in [1.29, 1.82) is 0 Å². The Hall–Kier alpha value is -3.09. The molecule has 12 heteroatoms. The summed E-state index contributed by atoms with van der Waals surface area (Å²) in [6.07, 6.45) is -4.66. The maximum absolute atomic E-state index is 12.5. The van der Waals surface area contributed by atoms with Crippen molar-refractivity contribution in [2.24, 2.45) is 0 Å². The minimum atomic E-state index is -4.66. The number of halogens is 3. The summed E-state index contributed by atoms with van der Waals surface area (Å²) in [5, 5.41) is 4.48. The summed E-state index contributed by atoms with van der Waals surface area (Å²) in [5.74, 6) is 1.55. The Morgan fingerprint density at radius 3 is 2.37 bits per heavy atom. The van der Waals surface area contributed by atoms with Gasteiger partial charge in [0.1, 0.15) is 18.0 Å². The summed E-state index contributed by atoms with van der Waals surface area (Å²) < 4.78 is 78.3. The van der Waals surface area contributed by atoms with Crippen LogP contribution in [0.25, 0.3) is 11.3 Å². The fourth-order valence-electron chi connectivity index (χ4n) is 3.38. The van der Waals surface area contributed by atoms with Gasteiger partial charge < -0.3 is 9.47 Å². The number of aryl methyl sites for hydroxylation is 1. The van der Waals surface area contributed by atoms with Gasteiger partial charge in [0.25, 0.3) is 10.2 Å². The molecular weight excluding hydrogens is 485 g/mol. The third-order valence-corrected chi connectivity index (χ3v) is 6.36. The van der Waals surface area contributed by atoms with Gasteiger partial charge in [-0.3, -0.25) is 4.68 Å². The second kappa shape index (κ2) is 10.3. The molecule has 0 amide bonds. The number of alkyl halides is 3. The molecule has 0 fully saturated rings. The number of benzene rings is 2. The van der Waals surface area contributed by atoms with Crippen LogP contribution in [-0.4, -0.2) is 38.0 Å². The van der Waals surface area contributed by atoms with Gasteiger partial charge in [0.05, 0.1) is 18.3 Å². The number of hydrogen-bond donors (Lipinski definition) is 2. The molecule has 35 heavy (non-hydrogen) atoms. The maximum Gasteiger partial charge on any atom is 0.402 e. The highest BCUT2D eigenvalue weighted by molar-refractivity contribution is 7.87. The van der Waals surface area contributed by atoms with Crippen LogP contribution in [0.1, 0.15) is 26.3 Å². The third kappa shape index (κ3) is 7.20. The summed E-state index contributed by atoms with van der Waals surface area (Å²) in [4.78, 5) is 0. The lowest BCUT2D eigenvalue weighted by Gasteiger charge is -2.27. The first kappa shape index (κ1) is 26.5. The topological polar surface area (TPSA) is 94.5 Å². The standard InChI is InChI=1S/C23H27F3N4O4S/c1-5-30-20(14-21(28-30)34-19-11-7-10-18(13-19)33-4)16-8-6-9-17(12-16)22(2,3)29-35(31,32)27-15-23(24,25)26/h6-14,27,29H,5,15H2,1-4H3. The average molecular weight is 513 g/mol. The monoisotopic (exact) mass is 512 g/mol. The van der Waals surface area contributed by atoms with Gasteiger partial charge in [-0.2, -0.15) is 31.0 Å². The SMILES string of the molecule is CCn1nc(Oc2cccc(OC)c2)cc1-c1cccc(C(C)(C)NS(=O)(=O)NCC(F)(F)F)c1. The molecule has 0 unspecified atom stereocenters. The Morgan fingerprint density at radius 1 is 1.03 bits per heavy atom. The van der Waals surface area contributed by atoms with Crippen molar-refractivity contribution in [1.82, 2.24) is 19.2 Å². The summed E-state index contributed by atoms with van der Waals surface area (Å²) in [5.41, 5.74) is 0.796. The Balaban J connectivity index is 1.86. The van der Waals surface area contributed by atoms with Crippen LogP contribution < -0.4 is 18.9 Å². The lowest BCUT2D eigenvalue weighted by molar-refractivity contribution is -0.121. The molecule has 0 saturated heterocycles. The van der Waals surface area contributed by atoms with Gasteiger partial charge >= 0.3 is 6.18 Å². The highest BCUT2D eigenvalue weighted by Gasteiger charge is 2.32. The quantitative estimate of drug-likeness (QED) is 0.414. The first-order valence-corrected chi connectivity index (χ1v) is 12.2. The van der Waals surface area contributed by atoms with Crippen molar-refractivity contribution in [2.45, 2.75) is 39.0 Å². The Bertz CT molecular complexity index is 1270. The number of rotatable bonds is 10. The Kier molecular flexibility index (Phi) is 7.77. The zero-order valence-electron chi connectivity index (χ0n) is 19.7. The van der Waals surface area contributed by atoms with Crippen LogP contribution in [0.15, 0.2) is 54.6 Å². The first-order chi connectivity index (χ1) is 16.3. The predicted octanol–water partition coefficient (Wildman–Crippen LogP) is 4.59. The lowest BCUT2D eigenvalue weighted by Crippen LogP contribution is -2.48. The van der Waals surface area contributed by atoms with Crippen molar-refractivity contribution < 1.29 is 31.1 Å². The number of hydrogen-bond acceptors (Lipinski definition) is 5. The number of nitrogens with one attached hydrogen (secondary N) is 2. The van der Waals surface area contributed by atoms with Gasteiger partial charge in [-0.15, -0.1) is 5.10 Å². The van der Waals surface area contributed by atoms with Gasteiger partial charge in [-0.25, -0.2) is 0 Å². The van der Waals surface area contributed by atoms with Crippen molar-refractivity contribution >= 4 is 10.2 Å². The predicted molar refractivity (Wildman–Crippen MR) is 126 cm³/mol. The fraction of sp³-hybridized carbons (Fsp3) is 0.348. The van der Waals surface area contributed by atoms with Crippen LogP contribution in [0.5, 0.6) is 17.4 Å². The summed E-state index contributed by atoms with van der Waals surface area (Å²) in [6.45, 7) is 3.92. The van der Waals surface area contributed by atoms with E-state index in [4.69, 9.17) is 9.47 Å². The smallest absolute Gasteiger partial charge is 0.402 e. The average Bonchev–Trinajstić information content (AvgIpc) is 3.20. The van der Waals surface area contributed by atoms with Crippen LogP contribution in [0.2, 0.25) is 0 Å². The van der Waals surface area contributed by atoms with Crippen molar-refractivity contribution in [3.05, 3.63) is 60.2 Å². The molecule has 1 heterocycles. The largest absolute Gasteiger partial charge is 0.497 e. The second-order valence-corrected chi connectivity index (χ2v) is 9.71. The van der Waals surface area contributed by atoms with E-state index in [0.29, 0.717) is 29.5 Å². The Labute approximate surface area is 202 Å². The molecule has 1 aromatic heterocycles. The van der Waals surface area contributed by atoms with Crippen LogP contribution in [0, 0.1) is 0 Å². The summed E-state index contributed by atoms with van der Waals surface area (Å²) >= 11 is 0. The minimum Gasteiger partial charge on any atom is -0.497 e. The number of ether oxygens (including phenoxy) is 2. The minimum absolute atomic E-state index is 0.358. The molecule has 0 aliphatic carbocycles. The molecule has 0 bridgehead atoms. The molecule has 0 spiro atoms. The second-order valence-electron chi connectivity index (χ2n) is 8.21.